The van der Waals surface area contributed by atoms with Gasteiger partial charge in [-0.2, -0.15) is 5.10 Å². The third-order valence-electron chi connectivity index (χ3n) is 3.68. The molecule has 0 radical (unpaired) electrons. The first-order chi connectivity index (χ1) is 11.8. The van der Waals surface area contributed by atoms with Gasteiger partial charge in [-0.05, 0) is 36.4 Å². The van der Waals surface area contributed by atoms with Crippen LogP contribution < -0.4 is 5.56 Å². The van der Waals surface area contributed by atoms with Crippen LogP contribution in [0.15, 0.2) is 71.8 Å². The Hall–Kier alpha value is -3.47. The van der Waals surface area contributed by atoms with Crippen molar-refractivity contribution in [2.45, 2.75) is 0 Å². The van der Waals surface area contributed by atoms with Crippen molar-refractivity contribution in [1.29, 1.82) is 0 Å². The van der Waals surface area contributed by atoms with Gasteiger partial charge in [0.1, 0.15) is 5.69 Å². The Morgan fingerprint density at radius 1 is 0.958 bits per heavy atom. The average Bonchev–Trinajstić information content (AvgIpc) is 3.10. The summed E-state index contributed by atoms with van der Waals surface area (Å²) in [6.45, 7) is 0. The summed E-state index contributed by atoms with van der Waals surface area (Å²) in [5.41, 5.74) is 3.54. The third kappa shape index (κ3) is 2.75. The zero-order valence-corrected chi connectivity index (χ0v) is 12.8. The highest BCUT2D eigenvalue weighted by molar-refractivity contribution is 5.76. The number of nitrogens with one attached hydrogen (secondary N) is 1. The van der Waals surface area contributed by atoms with E-state index in [1.807, 2.05) is 66.9 Å². The van der Waals surface area contributed by atoms with Crippen LogP contribution in [0.5, 0.6) is 0 Å². The van der Waals surface area contributed by atoms with Gasteiger partial charge in [-0.15, -0.1) is 0 Å². The second-order valence-electron chi connectivity index (χ2n) is 5.36. The molecule has 2 heterocycles. The van der Waals surface area contributed by atoms with Gasteiger partial charge in [0.05, 0.1) is 22.9 Å². The van der Waals surface area contributed by atoms with Crippen LogP contribution in [0.2, 0.25) is 0 Å². The molecule has 0 atom stereocenters. The second-order valence-corrected chi connectivity index (χ2v) is 5.36. The van der Waals surface area contributed by atoms with Crippen molar-refractivity contribution in [2.24, 2.45) is 0 Å². The molecule has 4 rings (SSSR count). The van der Waals surface area contributed by atoms with Crippen LogP contribution in [0, 0.1) is 0 Å². The van der Waals surface area contributed by atoms with Crippen LogP contribution in [0.3, 0.4) is 0 Å². The predicted octanol–water partition coefficient (Wildman–Crippen LogP) is 3.28. The molecular formula is C19H14N4O. The fourth-order valence-corrected chi connectivity index (χ4v) is 2.48. The van der Waals surface area contributed by atoms with Gasteiger partial charge in [0.15, 0.2) is 0 Å². The molecule has 4 aromatic rings. The van der Waals surface area contributed by atoms with E-state index in [1.54, 1.807) is 17.0 Å². The Labute approximate surface area is 137 Å². The number of nitrogens with zero attached hydrogens (tertiary/aromatic N) is 3. The Balaban J connectivity index is 1.65. The highest BCUT2D eigenvalue weighted by Gasteiger charge is 2.02. The molecule has 0 aliphatic heterocycles. The largest absolute Gasteiger partial charge is 0.319 e. The Kier molecular flexibility index (Phi) is 3.51. The lowest BCUT2D eigenvalue weighted by Gasteiger charge is -1.98. The van der Waals surface area contributed by atoms with E-state index in [4.69, 9.17) is 0 Å². The van der Waals surface area contributed by atoms with Crippen LogP contribution in [0.4, 0.5) is 0 Å². The van der Waals surface area contributed by atoms with Crippen LogP contribution in [-0.4, -0.2) is 19.7 Å². The zero-order valence-electron chi connectivity index (χ0n) is 12.8. The molecule has 116 valence electrons. The molecule has 0 saturated carbocycles. The summed E-state index contributed by atoms with van der Waals surface area (Å²) in [5, 5.41) is 4.33. The number of para-hydroxylation sites is 3. The van der Waals surface area contributed by atoms with Crippen molar-refractivity contribution in [1.82, 2.24) is 19.7 Å². The molecule has 0 bridgehead atoms. The lowest BCUT2D eigenvalue weighted by atomic mass is 10.2. The van der Waals surface area contributed by atoms with Gasteiger partial charge in [0.2, 0.25) is 0 Å². The van der Waals surface area contributed by atoms with Crippen molar-refractivity contribution in [3.63, 3.8) is 0 Å². The van der Waals surface area contributed by atoms with E-state index in [2.05, 4.69) is 15.1 Å². The van der Waals surface area contributed by atoms with Crippen LogP contribution >= 0.6 is 0 Å². The molecule has 0 saturated heterocycles. The molecule has 1 N–H and O–H groups in total. The van der Waals surface area contributed by atoms with Crippen LogP contribution in [0.1, 0.15) is 11.3 Å². The minimum Gasteiger partial charge on any atom is -0.319 e. The smallest absolute Gasteiger partial charge is 0.274 e. The molecule has 5 nitrogen and oxygen atoms in total. The van der Waals surface area contributed by atoms with Crippen molar-refractivity contribution >= 4 is 23.2 Å². The molecule has 2 aromatic heterocycles. The molecule has 2 aromatic carbocycles. The van der Waals surface area contributed by atoms with Crippen LogP contribution in [0.25, 0.3) is 28.9 Å². The fraction of sp³-hybridized carbons (Fsp3) is 0. The number of rotatable bonds is 3. The van der Waals surface area contributed by atoms with Gasteiger partial charge in [-0.1, -0.05) is 30.3 Å². The van der Waals surface area contributed by atoms with E-state index in [0.29, 0.717) is 5.69 Å². The third-order valence-corrected chi connectivity index (χ3v) is 3.68. The highest BCUT2D eigenvalue weighted by atomic mass is 16.1. The summed E-state index contributed by atoms with van der Waals surface area (Å²) in [6.07, 6.45) is 7.19. The van der Waals surface area contributed by atoms with Gasteiger partial charge in [-0.25, -0.2) is 9.67 Å². The number of benzene rings is 2. The van der Waals surface area contributed by atoms with E-state index in [1.165, 1.54) is 0 Å². The Morgan fingerprint density at radius 3 is 2.62 bits per heavy atom. The lowest BCUT2D eigenvalue weighted by molar-refractivity contribution is 0.880. The summed E-state index contributed by atoms with van der Waals surface area (Å²) >= 11 is 0. The van der Waals surface area contributed by atoms with Gasteiger partial charge in [0.25, 0.3) is 5.56 Å². The van der Waals surface area contributed by atoms with Gasteiger partial charge < -0.3 is 4.98 Å². The minimum absolute atomic E-state index is 0.208. The molecule has 0 fully saturated rings. The SMILES string of the molecule is O=c1[nH]c2ccccc2nc1/C=C/c1cnn(-c2ccccc2)c1. The van der Waals surface area contributed by atoms with E-state index < -0.39 is 0 Å². The molecule has 0 amide bonds. The van der Waals surface area contributed by atoms with Gasteiger partial charge in [0, 0.05) is 11.8 Å². The molecule has 5 heteroatoms. The molecular weight excluding hydrogens is 300 g/mol. The van der Waals surface area contributed by atoms with Gasteiger partial charge >= 0.3 is 0 Å². The predicted molar refractivity (Wildman–Crippen MR) is 94.9 cm³/mol. The maximum Gasteiger partial charge on any atom is 0.274 e. The Morgan fingerprint density at radius 2 is 1.75 bits per heavy atom. The summed E-state index contributed by atoms with van der Waals surface area (Å²) in [5.74, 6) is 0. The number of H-pyrrole nitrogens is 1. The maximum absolute atomic E-state index is 12.1. The normalized spacial score (nSPS) is 11.3. The topological polar surface area (TPSA) is 63.6 Å². The number of hydrogen-bond acceptors (Lipinski definition) is 3. The standard InChI is InChI=1S/C19H14N4O/c24-19-18(21-16-8-4-5-9-17(16)22-19)11-10-14-12-20-23(13-14)15-6-2-1-3-7-15/h1-13H,(H,22,24)/b11-10+. The highest BCUT2D eigenvalue weighted by Crippen LogP contribution is 2.11. The van der Waals surface area contributed by atoms with Crippen LogP contribution in [-0.2, 0) is 0 Å². The number of fused-ring (bicyclic) bond motifs is 1. The van der Waals surface area contributed by atoms with Crippen molar-refractivity contribution in [3.8, 4) is 5.69 Å². The first kappa shape index (κ1) is 14.1. The van der Waals surface area contributed by atoms with E-state index in [0.717, 1.165) is 22.3 Å². The van der Waals surface area contributed by atoms with E-state index in [9.17, 15) is 4.79 Å². The Bertz CT molecular complexity index is 1080. The second kappa shape index (κ2) is 5.96. The molecule has 0 aliphatic rings. The maximum atomic E-state index is 12.1. The van der Waals surface area contributed by atoms with Crippen molar-refractivity contribution < 1.29 is 0 Å². The molecule has 0 spiro atoms. The van der Waals surface area contributed by atoms with Crippen molar-refractivity contribution in [3.05, 3.63) is 88.6 Å². The molecule has 0 aliphatic carbocycles. The molecule has 0 unspecified atom stereocenters. The summed E-state index contributed by atoms with van der Waals surface area (Å²) < 4.78 is 1.79. The summed E-state index contributed by atoms with van der Waals surface area (Å²) in [7, 11) is 0. The number of aromatic nitrogens is 4. The quantitative estimate of drug-likeness (QED) is 0.631. The van der Waals surface area contributed by atoms with E-state index >= 15 is 0 Å². The summed E-state index contributed by atoms with van der Waals surface area (Å²) in [6, 6.07) is 17.3. The minimum atomic E-state index is -0.208. The zero-order chi connectivity index (χ0) is 16.4. The van der Waals surface area contributed by atoms with Gasteiger partial charge in [-0.3, -0.25) is 4.79 Å². The number of aromatic amines is 1. The first-order valence-corrected chi connectivity index (χ1v) is 7.57. The average molecular weight is 314 g/mol. The molecule has 24 heavy (non-hydrogen) atoms. The monoisotopic (exact) mass is 314 g/mol. The van der Waals surface area contributed by atoms with Crippen molar-refractivity contribution in [2.75, 3.05) is 0 Å². The summed E-state index contributed by atoms with van der Waals surface area (Å²) in [4.78, 5) is 19.3. The first-order valence-electron chi connectivity index (χ1n) is 7.57. The van der Waals surface area contributed by atoms with E-state index in [-0.39, 0.29) is 5.56 Å². The number of hydrogen-bond donors (Lipinski definition) is 1. The lowest BCUT2D eigenvalue weighted by Crippen LogP contribution is -2.11. The fourth-order valence-electron chi connectivity index (χ4n) is 2.48.